The van der Waals surface area contributed by atoms with Crippen LogP contribution in [0.2, 0.25) is 5.02 Å². The second kappa shape index (κ2) is 5.13. The molecule has 1 saturated carbocycles. The first-order valence-electron chi connectivity index (χ1n) is 6.50. The van der Waals surface area contributed by atoms with Crippen molar-refractivity contribution >= 4 is 17.5 Å². The van der Waals surface area contributed by atoms with E-state index in [1.165, 1.54) is 12.8 Å². The number of benzene rings is 1. The molecule has 0 amide bonds. The molecule has 19 heavy (non-hydrogen) atoms. The molecule has 3 rings (SSSR count). The molecule has 2 aromatic rings. The largest absolute Gasteiger partial charge is 0.368 e. The minimum absolute atomic E-state index is 0.284. The quantitative estimate of drug-likeness (QED) is 0.911. The third-order valence-corrected chi connectivity index (χ3v) is 3.71. The Balaban J connectivity index is 2.01. The van der Waals surface area contributed by atoms with Crippen LogP contribution in [0.3, 0.4) is 0 Å². The molecular weight excluding hydrogens is 260 g/mol. The van der Waals surface area contributed by atoms with Crippen molar-refractivity contribution in [3.05, 3.63) is 35.1 Å². The van der Waals surface area contributed by atoms with E-state index in [0.29, 0.717) is 16.8 Å². The van der Waals surface area contributed by atoms with Gasteiger partial charge in [0.2, 0.25) is 5.95 Å². The maximum Gasteiger partial charge on any atom is 0.223 e. The van der Waals surface area contributed by atoms with Gasteiger partial charge >= 0.3 is 0 Å². The summed E-state index contributed by atoms with van der Waals surface area (Å²) in [5, 5.41) is 0.666. The lowest BCUT2D eigenvalue weighted by molar-refractivity contribution is 0.665. The molecule has 1 aliphatic carbocycles. The van der Waals surface area contributed by atoms with E-state index < -0.39 is 0 Å². The van der Waals surface area contributed by atoms with Crippen LogP contribution in [0.15, 0.2) is 24.3 Å². The summed E-state index contributed by atoms with van der Waals surface area (Å²) < 4.78 is 0. The Morgan fingerprint density at radius 2 is 1.89 bits per heavy atom. The zero-order valence-corrected chi connectivity index (χ0v) is 11.3. The summed E-state index contributed by atoms with van der Waals surface area (Å²) in [6.07, 6.45) is 4.75. The first-order chi connectivity index (χ1) is 9.22. The molecular formula is C14H15ClN4. The van der Waals surface area contributed by atoms with Gasteiger partial charge in [0.05, 0.1) is 0 Å². The molecule has 98 valence electrons. The van der Waals surface area contributed by atoms with Crippen LogP contribution in [0.1, 0.15) is 37.4 Å². The van der Waals surface area contributed by atoms with Crippen LogP contribution in [0.5, 0.6) is 0 Å². The molecule has 0 radical (unpaired) electrons. The molecule has 2 N–H and O–H groups in total. The average Bonchev–Trinajstić information content (AvgIpc) is 2.92. The number of nitrogens with two attached hydrogens (primary N) is 1. The molecule has 1 heterocycles. The summed E-state index contributed by atoms with van der Waals surface area (Å²) in [6.45, 7) is 0. The highest BCUT2D eigenvalue weighted by Gasteiger charge is 2.21. The van der Waals surface area contributed by atoms with Crippen LogP contribution in [0, 0.1) is 0 Å². The number of nitrogens with zero attached hydrogens (tertiary/aromatic N) is 3. The van der Waals surface area contributed by atoms with E-state index in [-0.39, 0.29) is 5.95 Å². The Hall–Kier alpha value is -1.68. The number of rotatable bonds is 2. The number of hydrogen-bond acceptors (Lipinski definition) is 4. The van der Waals surface area contributed by atoms with Crippen LogP contribution >= 0.6 is 11.6 Å². The number of hydrogen-bond donors (Lipinski definition) is 1. The van der Waals surface area contributed by atoms with E-state index in [2.05, 4.69) is 15.0 Å². The molecule has 1 aliphatic rings. The van der Waals surface area contributed by atoms with Gasteiger partial charge < -0.3 is 5.73 Å². The first kappa shape index (κ1) is 12.4. The Kier molecular flexibility index (Phi) is 3.34. The number of aromatic nitrogens is 3. The third kappa shape index (κ3) is 2.68. The molecule has 0 spiro atoms. The zero-order valence-electron chi connectivity index (χ0n) is 10.5. The van der Waals surface area contributed by atoms with Crippen LogP contribution in [0.25, 0.3) is 11.4 Å². The van der Waals surface area contributed by atoms with Gasteiger partial charge in [0.1, 0.15) is 5.82 Å². The maximum atomic E-state index is 6.00. The lowest BCUT2D eigenvalue weighted by Crippen LogP contribution is -2.07. The van der Waals surface area contributed by atoms with Crippen molar-refractivity contribution in [2.45, 2.75) is 31.6 Å². The standard InChI is InChI=1S/C14H15ClN4/c15-11-7-3-6-10(8-11)13-17-12(18-14(16)19-13)9-4-1-2-5-9/h3,6-9H,1-2,4-5H2,(H2,16,17,18,19). The van der Waals surface area contributed by atoms with Crippen LogP contribution in [0.4, 0.5) is 5.95 Å². The van der Waals surface area contributed by atoms with Crippen molar-refractivity contribution in [3.8, 4) is 11.4 Å². The summed E-state index contributed by atoms with van der Waals surface area (Å²) in [5.74, 6) is 2.13. The topological polar surface area (TPSA) is 64.7 Å². The van der Waals surface area contributed by atoms with Gasteiger partial charge in [0.15, 0.2) is 5.82 Å². The Bertz CT molecular complexity index is 594. The molecule has 0 unspecified atom stereocenters. The molecule has 1 aromatic carbocycles. The van der Waals surface area contributed by atoms with Crippen LogP contribution < -0.4 is 5.73 Å². The second-order valence-electron chi connectivity index (χ2n) is 4.87. The van der Waals surface area contributed by atoms with Gasteiger partial charge in [-0.3, -0.25) is 0 Å². The van der Waals surface area contributed by atoms with Gasteiger partial charge in [-0.05, 0) is 25.0 Å². The fourth-order valence-corrected chi connectivity index (χ4v) is 2.72. The molecule has 0 aliphatic heterocycles. The number of halogens is 1. The van der Waals surface area contributed by atoms with Crippen molar-refractivity contribution < 1.29 is 0 Å². The predicted octanol–water partition coefficient (Wildman–Crippen LogP) is 3.43. The lowest BCUT2D eigenvalue weighted by atomic mass is 10.1. The average molecular weight is 275 g/mol. The molecule has 0 atom stereocenters. The minimum atomic E-state index is 0.284. The van der Waals surface area contributed by atoms with Crippen molar-refractivity contribution in [2.75, 3.05) is 5.73 Å². The highest BCUT2D eigenvalue weighted by atomic mass is 35.5. The summed E-state index contributed by atoms with van der Waals surface area (Å²) in [6, 6.07) is 7.48. The number of anilines is 1. The van der Waals surface area contributed by atoms with Crippen LogP contribution in [-0.4, -0.2) is 15.0 Å². The second-order valence-corrected chi connectivity index (χ2v) is 5.30. The molecule has 0 bridgehead atoms. The Morgan fingerprint density at radius 1 is 1.11 bits per heavy atom. The maximum absolute atomic E-state index is 6.00. The molecule has 1 aromatic heterocycles. The zero-order chi connectivity index (χ0) is 13.2. The van der Waals surface area contributed by atoms with E-state index in [1.807, 2.05) is 24.3 Å². The number of nitrogen functional groups attached to an aromatic ring is 1. The van der Waals surface area contributed by atoms with Crippen molar-refractivity contribution in [1.29, 1.82) is 0 Å². The predicted molar refractivity (Wildman–Crippen MR) is 75.9 cm³/mol. The lowest BCUT2D eigenvalue weighted by Gasteiger charge is -2.09. The minimum Gasteiger partial charge on any atom is -0.368 e. The highest BCUT2D eigenvalue weighted by molar-refractivity contribution is 6.30. The fraction of sp³-hybridized carbons (Fsp3) is 0.357. The van der Waals surface area contributed by atoms with Gasteiger partial charge in [0, 0.05) is 16.5 Å². The van der Waals surface area contributed by atoms with Crippen molar-refractivity contribution in [2.24, 2.45) is 0 Å². The normalized spacial score (nSPS) is 15.8. The van der Waals surface area contributed by atoms with Crippen molar-refractivity contribution in [1.82, 2.24) is 15.0 Å². The molecule has 1 fully saturated rings. The summed E-state index contributed by atoms with van der Waals surface area (Å²) >= 11 is 6.00. The highest BCUT2D eigenvalue weighted by Crippen LogP contribution is 2.33. The summed E-state index contributed by atoms with van der Waals surface area (Å²) in [5.41, 5.74) is 6.68. The van der Waals surface area contributed by atoms with Gasteiger partial charge in [-0.25, -0.2) is 4.98 Å². The smallest absolute Gasteiger partial charge is 0.223 e. The summed E-state index contributed by atoms with van der Waals surface area (Å²) in [4.78, 5) is 13.1. The van der Waals surface area contributed by atoms with Crippen molar-refractivity contribution in [3.63, 3.8) is 0 Å². The van der Waals surface area contributed by atoms with E-state index in [0.717, 1.165) is 24.2 Å². The monoisotopic (exact) mass is 274 g/mol. The SMILES string of the molecule is Nc1nc(-c2cccc(Cl)c2)nc(C2CCCC2)n1. The van der Waals surface area contributed by atoms with Gasteiger partial charge in [-0.1, -0.05) is 36.6 Å². The molecule has 5 heteroatoms. The Labute approximate surface area is 117 Å². The third-order valence-electron chi connectivity index (χ3n) is 3.47. The fourth-order valence-electron chi connectivity index (χ4n) is 2.53. The molecule has 4 nitrogen and oxygen atoms in total. The summed E-state index contributed by atoms with van der Waals surface area (Å²) in [7, 11) is 0. The van der Waals surface area contributed by atoms with E-state index in [4.69, 9.17) is 17.3 Å². The van der Waals surface area contributed by atoms with E-state index in [1.54, 1.807) is 0 Å². The van der Waals surface area contributed by atoms with E-state index in [9.17, 15) is 0 Å². The van der Waals surface area contributed by atoms with E-state index >= 15 is 0 Å². The first-order valence-corrected chi connectivity index (χ1v) is 6.87. The van der Waals surface area contributed by atoms with Gasteiger partial charge in [-0.15, -0.1) is 0 Å². The van der Waals surface area contributed by atoms with Gasteiger partial charge in [0.25, 0.3) is 0 Å². The Morgan fingerprint density at radius 3 is 2.63 bits per heavy atom. The molecule has 0 saturated heterocycles. The van der Waals surface area contributed by atoms with Gasteiger partial charge in [-0.2, -0.15) is 9.97 Å². The van der Waals surface area contributed by atoms with Crippen LogP contribution in [-0.2, 0) is 0 Å².